The quantitative estimate of drug-likeness (QED) is 0.246. The lowest BCUT2D eigenvalue weighted by atomic mass is 9.94. The highest BCUT2D eigenvalue weighted by Crippen LogP contribution is 2.34. The normalized spacial score (nSPS) is 17.6. The Labute approximate surface area is 254 Å². The largest absolute Gasteiger partial charge is 0.490 e. The summed E-state index contributed by atoms with van der Waals surface area (Å²) in [6.45, 7) is 6.12. The van der Waals surface area contributed by atoms with Crippen LogP contribution in [0.25, 0.3) is 11.3 Å². The van der Waals surface area contributed by atoms with Crippen LogP contribution in [0.15, 0.2) is 65.3 Å². The number of rotatable bonds is 6. The number of fused-ring (bicyclic) bond motifs is 1. The van der Waals surface area contributed by atoms with E-state index in [0.717, 1.165) is 57.8 Å². The number of carbonyl (C=O) groups is 2. The van der Waals surface area contributed by atoms with Crippen LogP contribution in [0.2, 0.25) is 0 Å². The molecule has 232 valence electrons. The highest BCUT2D eigenvalue weighted by molar-refractivity contribution is 7.17. The number of hydrogen-bond donors (Lipinski definition) is 3. The summed E-state index contributed by atoms with van der Waals surface area (Å²) in [4.78, 5) is 29.5. The predicted molar refractivity (Wildman–Crippen MR) is 158 cm³/mol. The molecular weight excluding hydrogens is 599 g/mol. The van der Waals surface area contributed by atoms with Crippen LogP contribution in [0.3, 0.4) is 0 Å². The number of benzene rings is 2. The van der Waals surface area contributed by atoms with Crippen molar-refractivity contribution in [1.29, 1.82) is 0 Å². The Morgan fingerprint density at radius 2 is 1.93 bits per heavy atom. The summed E-state index contributed by atoms with van der Waals surface area (Å²) in [6, 6.07) is 18.5. The third-order valence-corrected chi connectivity index (χ3v) is 8.10. The van der Waals surface area contributed by atoms with E-state index >= 15 is 0 Å². The highest BCUT2D eigenvalue weighted by atomic mass is 32.1. The molecular formula is C30H30F3N5O5S. The molecule has 10 nitrogen and oxygen atoms in total. The number of alkyl halides is 3. The molecule has 3 N–H and O–H groups in total. The van der Waals surface area contributed by atoms with Crippen molar-refractivity contribution in [1.82, 2.24) is 15.5 Å². The number of aliphatic carboxylic acids is 1. The maximum atomic E-state index is 12.6. The summed E-state index contributed by atoms with van der Waals surface area (Å²) >= 11 is 1.49. The predicted octanol–water partition coefficient (Wildman–Crippen LogP) is 5.69. The molecule has 6 rings (SSSR count). The topological polar surface area (TPSA) is 130 Å². The Balaban J connectivity index is 0.000000493. The number of carboxylic acids is 1. The van der Waals surface area contributed by atoms with E-state index in [-0.39, 0.29) is 17.5 Å². The van der Waals surface area contributed by atoms with Gasteiger partial charge in [-0.05, 0) is 62.2 Å². The first-order chi connectivity index (χ1) is 20.9. The van der Waals surface area contributed by atoms with Gasteiger partial charge >= 0.3 is 12.1 Å². The van der Waals surface area contributed by atoms with Crippen molar-refractivity contribution in [3.05, 3.63) is 76.9 Å². The van der Waals surface area contributed by atoms with Gasteiger partial charge in [-0.2, -0.15) is 13.2 Å². The van der Waals surface area contributed by atoms with Crippen LogP contribution in [-0.4, -0.2) is 64.6 Å². The van der Waals surface area contributed by atoms with Crippen LogP contribution in [0, 0.1) is 0 Å². The molecule has 2 aromatic heterocycles. The van der Waals surface area contributed by atoms with Gasteiger partial charge in [-0.25, -0.2) is 9.78 Å². The van der Waals surface area contributed by atoms with Gasteiger partial charge in [0.1, 0.15) is 4.88 Å². The fourth-order valence-electron chi connectivity index (χ4n) is 4.96. The van der Waals surface area contributed by atoms with Crippen molar-refractivity contribution >= 4 is 39.7 Å². The molecule has 2 aliphatic heterocycles. The van der Waals surface area contributed by atoms with Crippen LogP contribution in [0.4, 0.5) is 29.7 Å². The van der Waals surface area contributed by atoms with Gasteiger partial charge in [0.15, 0.2) is 10.9 Å². The number of thiazole rings is 1. The van der Waals surface area contributed by atoms with Gasteiger partial charge in [-0.1, -0.05) is 28.6 Å². The van der Waals surface area contributed by atoms with Crippen molar-refractivity contribution in [2.75, 3.05) is 30.0 Å². The molecule has 1 saturated heterocycles. The number of carboxylic acid groups (broad SMARTS) is 1. The molecule has 1 unspecified atom stereocenters. The summed E-state index contributed by atoms with van der Waals surface area (Å²) in [6.07, 6.45) is -1.87. The first-order valence-corrected chi connectivity index (χ1v) is 14.5. The fraction of sp³-hybridized carbons (Fsp3) is 0.333. The van der Waals surface area contributed by atoms with Crippen LogP contribution < -0.4 is 15.5 Å². The van der Waals surface area contributed by atoms with Crippen LogP contribution in [0.1, 0.15) is 34.8 Å². The molecule has 2 aromatic carbocycles. The molecule has 14 heteroatoms. The number of aromatic nitrogens is 2. The van der Waals surface area contributed by atoms with Gasteiger partial charge in [-0.15, -0.1) is 0 Å². The number of carbonyl (C=O) groups excluding carboxylic acids is 1. The van der Waals surface area contributed by atoms with Gasteiger partial charge in [0.25, 0.3) is 5.91 Å². The van der Waals surface area contributed by atoms with E-state index in [1.54, 1.807) is 6.20 Å². The summed E-state index contributed by atoms with van der Waals surface area (Å²) in [5.41, 5.74) is 4.85. The Hall–Kier alpha value is -4.43. The molecule has 0 saturated carbocycles. The number of anilines is 3. The monoisotopic (exact) mass is 629 g/mol. The number of nitrogens with zero attached hydrogens (tertiary/aromatic N) is 3. The summed E-state index contributed by atoms with van der Waals surface area (Å²) in [5.74, 6) is -2.03. The second-order valence-electron chi connectivity index (χ2n) is 11.0. The molecule has 4 aromatic rings. The Kier molecular flexibility index (Phi) is 8.92. The highest BCUT2D eigenvalue weighted by Gasteiger charge is 2.38. The van der Waals surface area contributed by atoms with Crippen LogP contribution in [-0.2, 0) is 22.4 Å². The second kappa shape index (κ2) is 12.7. The van der Waals surface area contributed by atoms with E-state index in [9.17, 15) is 18.0 Å². The number of nitrogens with one attached hydrogen (secondary N) is 2. The van der Waals surface area contributed by atoms with E-state index in [1.807, 2.05) is 44.2 Å². The Morgan fingerprint density at radius 1 is 1.18 bits per heavy atom. The number of ether oxygens (including phenoxy) is 1. The number of morpholine rings is 1. The first-order valence-electron chi connectivity index (χ1n) is 13.7. The smallest absolute Gasteiger partial charge is 0.475 e. The van der Waals surface area contributed by atoms with Gasteiger partial charge in [0.05, 0.1) is 31.1 Å². The van der Waals surface area contributed by atoms with E-state index in [2.05, 4.69) is 45.0 Å². The minimum atomic E-state index is -5.08. The Bertz CT molecular complexity index is 1610. The zero-order valence-corrected chi connectivity index (χ0v) is 24.7. The molecule has 44 heavy (non-hydrogen) atoms. The summed E-state index contributed by atoms with van der Waals surface area (Å²) in [5, 5.41) is 18.4. The van der Waals surface area contributed by atoms with Gasteiger partial charge in [-0.3, -0.25) is 4.79 Å². The maximum Gasteiger partial charge on any atom is 0.490 e. The Morgan fingerprint density at radius 3 is 2.61 bits per heavy atom. The van der Waals surface area contributed by atoms with E-state index in [4.69, 9.17) is 24.1 Å². The van der Waals surface area contributed by atoms with Crippen molar-refractivity contribution in [3.63, 3.8) is 0 Å². The second-order valence-corrected chi connectivity index (χ2v) is 12.0. The van der Waals surface area contributed by atoms with E-state index in [0.29, 0.717) is 13.2 Å². The van der Waals surface area contributed by atoms with Crippen molar-refractivity contribution in [2.45, 2.75) is 44.4 Å². The average Bonchev–Trinajstić information content (AvgIpc) is 3.64. The van der Waals surface area contributed by atoms with Crippen molar-refractivity contribution < 1.29 is 37.1 Å². The first kappa shape index (κ1) is 31.0. The lowest BCUT2D eigenvalue weighted by molar-refractivity contribution is -0.192. The van der Waals surface area contributed by atoms with E-state index < -0.39 is 12.1 Å². The summed E-state index contributed by atoms with van der Waals surface area (Å²) < 4.78 is 42.8. The molecule has 4 heterocycles. The van der Waals surface area contributed by atoms with E-state index in [1.165, 1.54) is 16.9 Å². The van der Waals surface area contributed by atoms with Crippen molar-refractivity contribution in [3.8, 4) is 11.3 Å². The number of hydrogen-bond acceptors (Lipinski definition) is 9. The minimum Gasteiger partial charge on any atom is -0.475 e. The number of halogens is 3. The standard InChI is InChI=1S/C28H29N5O3S.C2HF3O2/c1-28(2)16-23-25(26(34)32-28)37-27(31-23)33-12-13-35-17-22(33)15-18-4-3-5-21(14-18)30-20-8-6-19(7-9-20)24-10-11-29-36-24;3-2(4,5)1(6)7/h3-11,14,22,30H,12-13,15-17H2,1-2H3,(H,32,34);(H,6,7). The molecule has 1 fully saturated rings. The lowest BCUT2D eigenvalue weighted by Crippen LogP contribution is -2.48. The fourth-order valence-corrected chi connectivity index (χ4v) is 6.03. The van der Waals surface area contributed by atoms with Gasteiger partial charge in [0, 0.05) is 41.5 Å². The zero-order chi connectivity index (χ0) is 31.5. The van der Waals surface area contributed by atoms with Gasteiger partial charge in [0.2, 0.25) is 0 Å². The molecule has 0 spiro atoms. The lowest BCUT2D eigenvalue weighted by Gasteiger charge is -2.35. The third kappa shape index (κ3) is 7.55. The zero-order valence-electron chi connectivity index (χ0n) is 23.9. The third-order valence-electron chi connectivity index (χ3n) is 6.96. The van der Waals surface area contributed by atoms with Crippen LogP contribution >= 0.6 is 11.3 Å². The maximum absolute atomic E-state index is 12.6. The minimum absolute atomic E-state index is 0.0209. The van der Waals surface area contributed by atoms with Gasteiger partial charge < -0.3 is 29.9 Å². The average molecular weight is 630 g/mol. The molecule has 1 amide bonds. The van der Waals surface area contributed by atoms with Crippen LogP contribution in [0.5, 0.6) is 0 Å². The number of amides is 1. The molecule has 0 aliphatic carbocycles. The molecule has 1 atom stereocenters. The van der Waals surface area contributed by atoms with Crippen molar-refractivity contribution in [2.24, 2.45) is 0 Å². The summed E-state index contributed by atoms with van der Waals surface area (Å²) in [7, 11) is 0. The molecule has 0 bridgehead atoms. The molecule has 2 aliphatic rings. The SMILES string of the molecule is CC1(C)Cc2nc(N3CCOCC3Cc3cccc(Nc4ccc(-c5ccno5)cc4)c3)sc2C(=O)N1.O=C(O)C(F)(F)F. The molecule has 0 radical (unpaired) electrons.